The maximum Gasteiger partial charge on any atom is 0.251 e. The largest absolute Gasteiger partial charge is 0.352 e. The monoisotopic (exact) mass is 288 g/mol. The Hall–Kier alpha value is -1.35. The van der Waals surface area contributed by atoms with E-state index < -0.39 is 0 Å². The molecule has 21 heavy (non-hydrogen) atoms. The molecule has 1 heterocycles. The van der Waals surface area contributed by atoms with E-state index in [1.807, 2.05) is 6.07 Å². The number of carbonyl (C=O) groups excluding carboxylic acids is 1. The minimum atomic E-state index is -0.0134. The van der Waals surface area contributed by atoms with Crippen molar-refractivity contribution in [3.63, 3.8) is 0 Å². The van der Waals surface area contributed by atoms with Crippen molar-refractivity contribution >= 4 is 5.91 Å². The van der Waals surface area contributed by atoms with E-state index in [4.69, 9.17) is 5.73 Å². The van der Waals surface area contributed by atoms with E-state index in [0.717, 1.165) is 42.5 Å². The van der Waals surface area contributed by atoms with Crippen molar-refractivity contribution in [2.75, 3.05) is 6.54 Å². The third-order valence-corrected chi connectivity index (χ3v) is 4.80. The van der Waals surface area contributed by atoms with Gasteiger partial charge in [-0.15, -0.1) is 0 Å². The Balaban J connectivity index is 2.19. The Bertz CT molecular complexity index is 516. The van der Waals surface area contributed by atoms with Crippen LogP contribution in [0.25, 0.3) is 0 Å². The van der Waals surface area contributed by atoms with Crippen LogP contribution >= 0.6 is 0 Å². The third kappa shape index (κ3) is 3.85. The van der Waals surface area contributed by atoms with E-state index >= 15 is 0 Å². The molecule has 1 aromatic rings. The fourth-order valence-electron chi connectivity index (χ4n) is 2.70. The van der Waals surface area contributed by atoms with Crippen LogP contribution in [-0.4, -0.2) is 12.5 Å². The van der Waals surface area contributed by atoms with Crippen LogP contribution in [0.15, 0.2) is 18.2 Å². The fraction of sp³-hybridized carbons (Fsp3) is 0.611. The van der Waals surface area contributed by atoms with Crippen LogP contribution in [0, 0.1) is 11.3 Å². The number of fused-ring (bicyclic) bond motifs is 1. The van der Waals surface area contributed by atoms with Gasteiger partial charge in [-0.3, -0.25) is 4.79 Å². The quantitative estimate of drug-likeness (QED) is 0.895. The summed E-state index contributed by atoms with van der Waals surface area (Å²) in [7, 11) is 0. The van der Waals surface area contributed by atoms with E-state index in [1.54, 1.807) is 0 Å². The highest BCUT2D eigenvalue weighted by atomic mass is 16.1. The highest BCUT2D eigenvalue weighted by Crippen LogP contribution is 2.33. The van der Waals surface area contributed by atoms with Gasteiger partial charge in [0.1, 0.15) is 0 Å². The molecule has 0 saturated heterocycles. The number of aryl methyl sites for hydroxylation is 1. The van der Waals surface area contributed by atoms with Gasteiger partial charge in [-0.1, -0.05) is 39.8 Å². The van der Waals surface area contributed by atoms with Crippen molar-refractivity contribution in [3.8, 4) is 0 Å². The molecular formula is C18H28N2O. The van der Waals surface area contributed by atoms with E-state index in [1.165, 1.54) is 0 Å². The minimum Gasteiger partial charge on any atom is -0.352 e. The smallest absolute Gasteiger partial charge is 0.251 e. The van der Waals surface area contributed by atoms with Crippen molar-refractivity contribution in [2.45, 2.75) is 53.0 Å². The molecule has 116 valence electrons. The Morgan fingerprint density at radius 3 is 2.71 bits per heavy atom. The molecular weight excluding hydrogens is 260 g/mol. The summed E-state index contributed by atoms with van der Waals surface area (Å²) in [6.45, 7) is 9.74. The maximum atomic E-state index is 12.1. The molecule has 0 radical (unpaired) electrons. The van der Waals surface area contributed by atoms with E-state index in [9.17, 15) is 4.79 Å². The first-order chi connectivity index (χ1) is 9.79. The zero-order chi connectivity index (χ0) is 15.6. The molecule has 0 fully saturated rings. The molecule has 1 aromatic carbocycles. The van der Waals surface area contributed by atoms with Crippen molar-refractivity contribution in [1.29, 1.82) is 0 Å². The van der Waals surface area contributed by atoms with Gasteiger partial charge in [0.15, 0.2) is 0 Å². The van der Waals surface area contributed by atoms with Gasteiger partial charge in [-0.2, -0.15) is 0 Å². The molecule has 0 saturated carbocycles. The Kier molecular flexibility index (Phi) is 4.72. The average molecular weight is 288 g/mol. The molecule has 1 aliphatic heterocycles. The van der Waals surface area contributed by atoms with Gasteiger partial charge in [0, 0.05) is 18.2 Å². The van der Waals surface area contributed by atoms with Crippen molar-refractivity contribution in [1.82, 2.24) is 5.32 Å². The topological polar surface area (TPSA) is 55.1 Å². The summed E-state index contributed by atoms with van der Waals surface area (Å²) in [4.78, 5) is 12.1. The van der Waals surface area contributed by atoms with Crippen LogP contribution in [0.4, 0.5) is 0 Å². The zero-order valence-corrected chi connectivity index (χ0v) is 13.7. The molecule has 2 atom stereocenters. The first kappa shape index (κ1) is 16.0. The van der Waals surface area contributed by atoms with Crippen molar-refractivity contribution in [3.05, 3.63) is 34.9 Å². The van der Waals surface area contributed by atoms with Crippen LogP contribution < -0.4 is 11.1 Å². The lowest BCUT2D eigenvalue weighted by atomic mass is 9.77. The zero-order valence-electron chi connectivity index (χ0n) is 13.7. The molecule has 3 heteroatoms. The maximum absolute atomic E-state index is 12.1. The van der Waals surface area contributed by atoms with Gasteiger partial charge in [0.05, 0.1) is 0 Å². The summed E-state index contributed by atoms with van der Waals surface area (Å²) in [5.41, 5.74) is 9.65. The lowest BCUT2D eigenvalue weighted by molar-refractivity contribution is 0.0956. The highest BCUT2D eigenvalue weighted by Gasteiger charge is 2.24. The Morgan fingerprint density at radius 1 is 1.33 bits per heavy atom. The first-order valence-corrected chi connectivity index (χ1v) is 7.95. The average Bonchev–Trinajstić information content (AvgIpc) is 2.59. The second-order valence-corrected chi connectivity index (χ2v) is 7.39. The van der Waals surface area contributed by atoms with Crippen LogP contribution in [0.5, 0.6) is 0 Å². The van der Waals surface area contributed by atoms with Crippen LogP contribution in [0.3, 0.4) is 0 Å². The van der Waals surface area contributed by atoms with Crippen LogP contribution in [0.1, 0.15) is 68.1 Å². The number of hydrogen-bond acceptors (Lipinski definition) is 2. The molecule has 0 aliphatic carbocycles. The summed E-state index contributed by atoms with van der Waals surface area (Å²) in [6.07, 6.45) is 2.90. The highest BCUT2D eigenvalue weighted by molar-refractivity contribution is 5.96. The molecule has 1 amide bonds. The number of nitrogens with two attached hydrogens (primary N) is 1. The molecule has 0 spiro atoms. The Morgan fingerprint density at radius 2 is 2.05 bits per heavy atom. The van der Waals surface area contributed by atoms with E-state index in [2.05, 4.69) is 45.1 Å². The first-order valence-electron chi connectivity index (χ1n) is 7.95. The standard InChI is InChI=1S/C18H28N2O/c1-12(18(2,3)4)10-16(19)14-8-7-13-6-5-9-20-17(21)15(13)11-14/h7-8,11-12,16H,5-6,9-10,19H2,1-4H3,(H,20,21). The summed E-state index contributed by atoms with van der Waals surface area (Å²) < 4.78 is 0. The van der Waals surface area contributed by atoms with Crippen LogP contribution in [-0.2, 0) is 6.42 Å². The Labute approximate surface area is 128 Å². The molecule has 2 unspecified atom stereocenters. The van der Waals surface area contributed by atoms with E-state index in [0.29, 0.717) is 5.92 Å². The summed E-state index contributed by atoms with van der Waals surface area (Å²) >= 11 is 0. The fourth-order valence-corrected chi connectivity index (χ4v) is 2.70. The van der Waals surface area contributed by atoms with Gasteiger partial charge in [-0.25, -0.2) is 0 Å². The molecule has 0 aromatic heterocycles. The number of amides is 1. The number of carbonyl (C=O) groups is 1. The molecule has 3 N–H and O–H groups in total. The lowest BCUT2D eigenvalue weighted by Gasteiger charge is -2.29. The van der Waals surface area contributed by atoms with Gasteiger partial charge in [0.25, 0.3) is 5.91 Å². The molecule has 2 rings (SSSR count). The number of benzene rings is 1. The number of hydrogen-bond donors (Lipinski definition) is 2. The van der Waals surface area contributed by atoms with Gasteiger partial charge in [-0.05, 0) is 47.8 Å². The summed E-state index contributed by atoms with van der Waals surface area (Å²) in [6, 6.07) is 6.16. The molecule has 3 nitrogen and oxygen atoms in total. The van der Waals surface area contributed by atoms with Crippen molar-refractivity contribution < 1.29 is 4.79 Å². The molecule has 1 aliphatic rings. The van der Waals surface area contributed by atoms with Crippen LogP contribution in [0.2, 0.25) is 0 Å². The van der Waals surface area contributed by atoms with Gasteiger partial charge in [0.2, 0.25) is 0 Å². The SMILES string of the molecule is CC(CC(N)c1ccc2c(c1)C(=O)NCCC2)C(C)(C)C. The third-order valence-electron chi connectivity index (χ3n) is 4.80. The van der Waals surface area contributed by atoms with Gasteiger partial charge < -0.3 is 11.1 Å². The summed E-state index contributed by atoms with van der Waals surface area (Å²) in [5.74, 6) is 0.570. The van der Waals surface area contributed by atoms with Crippen molar-refractivity contribution in [2.24, 2.45) is 17.1 Å². The molecule has 0 bridgehead atoms. The second kappa shape index (κ2) is 6.18. The second-order valence-electron chi connectivity index (χ2n) is 7.39. The van der Waals surface area contributed by atoms with Gasteiger partial charge >= 0.3 is 0 Å². The number of rotatable bonds is 3. The minimum absolute atomic E-state index is 0.0134. The lowest BCUT2D eigenvalue weighted by Crippen LogP contribution is -2.25. The van der Waals surface area contributed by atoms with E-state index in [-0.39, 0.29) is 17.4 Å². The summed E-state index contributed by atoms with van der Waals surface area (Å²) in [5, 5.41) is 2.95. The number of nitrogens with one attached hydrogen (secondary N) is 1. The predicted molar refractivity (Wildman–Crippen MR) is 87.3 cm³/mol. The normalized spacial score (nSPS) is 18.4. The predicted octanol–water partition coefficient (Wildman–Crippen LogP) is 3.43.